The molecule has 2 atom stereocenters. The van der Waals surface area contributed by atoms with E-state index in [4.69, 9.17) is 10.3 Å². The first kappa shape index (κ1) is 11.4. The van der Waals surface area contributed by atoms with E-state index in [9.17, 15) is 8.42 Å². The van der Waals surface area contributed by atoms with E-state index < -0.39 is 20.9 Å². The third-order valence-corrected chi connectivity index (χ3v) is 3.75. The number of allylic oxidation sites excluding steroid dienone is 2. The van der Waals surface area contributed by atoms with Crippen LogP contribution in [0.4, 0.5) is 0 Å². The molecule has 2 unspecified atom stereocenters. The molecular formula is C9H15NO3S. The SMILES string of the molecule is CC1=CC(C)(N)C(S(=O)(=O)O)C(C)=C1. The molecule has 5 heteroatoms. The van der Waals surface area contributed by atoms with Crippen LogP contribution in [0.3, 0.4) is 0 Å². The summed E-state index contributed by atoms with van der Waals surface area (Å²) in [6.45, 7) is 5.08. The van der Waals surface area contributed by atoms with Gasteiger partial charge in [0.15, 0.2) is 0 Å². The van der Waals surface area contributed by atoms with Gasteiger partial charge < -0.3 is 5.73 Å². The zero-order chi connectivity index (χ0) is 11.1. The molecule has 0 radical (unpaired) electrons. The Bertz CT molecular complexity index is 404. The van der Waals surface area contributed by atoms with Gasteiger partial charge in [-0.3, -0.25) is 4.55 Å². The quantitative estimate of drug-likeness (QED) is 0.638. The maximum Gasteiger partial charge on any atom is 0.273 e. The molecule has 14 heavy (non-hydrogen) atoms. The van der Waals surface area contributed by atoms with E-state index in [1.807, 2.05) is 6.92 Å². The second-order valence-electron chi connectivity index (χ2n) is 4.04. The van der Waals surface area contributed by atoms with Gasteiger partial charge in [-0.1, -0.05) is 23.3 Å². The molecule has 0 saturated heterocycles. The van der Waals surface area contributed by atoms with Gasteiger partial charge in [-0.25, -0.2) is 0 Å². The summed E-state index contributed by atoms with van der Waals surface area (Å²) in [5, 5.41) is -1.04. The first-order chi connectivity index (χ1) is 6.14. The van der Waals surface area contributed by atoms with E-state index in [0.717, 1.165) is 5.57 Å². The minimum absolute atomic E-state index is 0.567. The predicted molar refractivity (Wildman–Crippen MR) is 55.4 cm³/mol. The Morgan fingerprint density at radius 1 is 1.50 bits per heavy atom. The minimum atomic E-state index is -4.14. The highest BCUT2D eigenvalue weighted by molar-refractivity contribution is 7.86. The van der Waals surface area contributed by atoms with Crippen molar-refractivity contribution >= 4 is 10.1 Å². The van der Waals surface area contributed by atoms with Crippen LogP contribution in [0.1, 0.15) is 20.8 Å². The Kier molecular flexibility index (Phi) is 2.60. The molecule has 0 bridgehead atoms. The minimum Gasteiger partial charge on any atom is -0.321 e. The van der Waals surface area contributed by atoms with Crippen molar-refractivity contribution in [3.8, 4) is 0 Å². The van der Waals surface area contributed by atoms with E-state index in [1.54, 1.807) is 26.0 Å². The third kappa shape index (κ3) is 2.05. The van der Waals surface area contributed by atoms with Gasteiger partial charge in [0, 0.05) is 0 Å². The Balaban J connectivity index is 3.29. The maximum absolute atomic E-state index is 11.1. The van der Waals surface area contributed by atoms with Crippen LogP contribution in [0.25, 0.3) is 0 Å². The van der Waals surface area contributed by atoms with E-state index in [0.29, 0.717) is 5.57 Å². The molecule has 4 nitrogen and oxygen atoms in total. The standard InChI is InChI=1S/C9H15NO3S/c1-6-4-7(2)8(14(11,12)13)9(3,10)5-6/h4-5,8H,10H2,1-3H3,(H,11,12,13). The lowest BCUT2D eigenvalue weighted by Gasteiger charge is -2.33. The fourth-order valence-corrected chi connectivity index (χ4v) is 3.34. The Labute approximate surface area is 84.2 Å². The molecule has 1 aliphatic carbocycles. The molecule has 1 aliphatic rings. The summed E-state index contributed by atoms with van der Waals surface area (Å²) in [5.74, 6) is 0. The van der Waals surface area contributed by atoms with Crippen molar-refractivity contribution in [3.05, 3.63) is 23.3 Å². The van der Waals surface area contributed by atoms with Crippen molar-refractivity contribution in [3.63, 3.8) is 0 Å². The van der Waals surface area contributed by atoms with Gasteiger partial charge in [-0.05, 0) is 20.8 Å². The first-order valence-corrected chi connectivity index (χ1v) is 5.78. The average Bonchev–Trinajstić information content (AvgIpc) is 1.75. The summed E-state index contributed by atoms with van der Waals surface area (Å²) in [5.41, 5.74) is 6.26. The lowest BCUT2D eigenvalue weighted by atomic mass is 9.86. The molecule has 0 amide bonds. The molecule has 3 N–H and O–H groups in total. The Morgan fingerprint density at radius 2 is 2.00 bits per heavy atom. The molecule has 80 valence electrons. The summed E-state index contributed by atoms with van der Waals surface area (Å²) in [6, 6.07) is 0. The van der Waals surface area contributed by atoms with Crippen LogP contribution < -0.4 is 5.73 Å². The van der Waals surface area contributed by atoms with Crippen molar-refractivity contribution in [1.82, 2.24) is 0 Å². The average molecular weight is 217 g/mol. The first-order valence-electron chi connectivity index (χ1n) is 4.27. The van der Waals surface area contributed by atoms with Gasteiger partial charge in [0.25, 0.3) is 10.1 Å². The summed E-state index contributed by atoms with van der Waals surface area (Å²) in [4.78, 5) is 0. The van der Waals surface area contributed by atoms with Crippen molar-refractivity contribution in [2.45, 2.75) is 31.6 Å². The van der Waals surface area contributed by atoms with Crippen molar-refractivity contribution in [1.29, 1.82) is 0 Å². The van der Waals surface area contributed by atoms with Gasteiger partial charge in [0.05, 0.1) is 5.54 Å². The highest BCUT2D eigenvalue weighted by atomic mass is 32.2. The summed E-state index contributed by atoms with van der Waals surface area (Å²) >= 11 is 0. The van der Waals surface area contributed by atoms with Gasteiger partial charge in [-0.15, -0.1) is 0 Å². The lowest BCUT2D eigenvalue weighted by molar-refractivity contribution is 0.444. The van der Waals surface area contributed by atoms with Crippen LogP contribution in [-0.4, -0.2) is 23.8 Å². The van der Waals surface area contributed by atoms with Crippen LogP contribution in [-0.2, 0) is 10.1 Å². The van der Waals surface area contributed by atoms with Crippen LogP contribution in [0.15, 0.2) is 23.3 Å². The highest BCUT2D eigenvalue weighted by Gasteiger charge is 2.40. The van der Waals surface area contributed by atoms with Gasteiger partial charge in [0.2, 0.25) is 0 Å². The largest absolute Gasteiger partial charge is 0.321 e. The van der Waals surface area contributed by atoms with E-state index in [2.05, 4.69) is 0 Å². The smallest absolute Gasteiger partial charge is 0.273 e. The maximum atomic E-state index is 11.1. The topological polar surface area (TPSA) is 80.4 Å². The van der Waals surface area contributed by atoms with Crippen LogP contribution in [0, 0.1) is 0 Å². The molecular weight excluding hydrogens is 202 g/mol. The Hall–Kier alpha value is -0.650. The van der Waals surface area contributed by atoms with Gasteiger partial charge in [-0.2, -0.15) is 8.42 Å². The molecule has 0 saturated carbocycles. The molecule has 1 rings (SSSR count). The molecule has 0 spiro atoms. The zero-order valence-electron chi connectivity index (χ0n) is 8.48. The second-order valence-corrected chi connectivity index (χ2v) is 5.54. The molecule has 0 fully saturated rings. The predicted octanol–water partition coefficient (Wildman–Crippen LogP) is 0.866. The Morgan fingerprint density at radius 3 is 2.36 bits per heavy atom. The van der Waals surface area contributed by atoms with Crippen molar-refractivity contribution < 1.29 is 13.0 Å². The molecule has 0 heterocycles. The fourth-order valence-electron chi connectivity index (χ4n) is 2.09. The number of hydrogen-bond acceptors (Lipinski definition) is 3. The fraction of sp³-hybridized carbons (Fsp3) is 0.556. The number of nitrogens with two attached hydrogens (primary N) is 1. The molecule has 0 aromatic carbocycles. The summed E-state index contributed by atoms with van der Waals surface area (Å²) in [6.07, 6.45) is 3.37. The summed E-state index contributed by atoms with van der Waals surface area (Å²) < 4.78 is 31.3. The normalized spacial score (nSPS) is 33.6. The summed E-state index contributed by atoms with van der Waals surface area (Å²) in [7, 11) is -4.14. The monoisotopic (exact) mass is 217 g/mol. The molecule has 0 aliphatic heterocycles. The van der Waals surface area contributed by atoms with E-state index in [-0.39, 0.29) is 0 Å². The lowest BCUT2D eigenvalue weighted by Crippen LogP contribution is -2.52. The van der Waals surface area contributed by atoms with Crippen LogP contribution >= 0.6 is 0 Å². The zero-order valence-corrected chi connectivity index (χ0v) is 9.30. The second kappa shape index (κ2) is 3.18. The van der Waals surface area contributed by atoms with E-state index in [1.165, 1.54) is 0 Å². The van der Waals surface area contributed by atoms with Crippen LogP contribution in [0.2, 0.25) is 0 Å². The number of hydrogen-bond donors (Lipinski definition) is 2. The highest BCUT2D eigenvalue weighted by Crippen LogP contribution is 2.29. The van der Waals surface area contributed by atoms with Crippen molar-refractivity contribution in [2.75, 3.05) is 0 Å². The number of rotatable bonds is 1. The van der Waals surface area contributed by atoms with Crippen molar-refractivity contribution in [2.24, 2.45) is 5.73 Å². The van der Waals surface area contributed by atoms with Crippen LogP contribution in [0.5, 0.6) is 0 Å². The molecule has 0 aromatic rings. The molecule has 0 aromatic heterocycles. The van der Waals surface area contributed by atoms with E-state index >= 15 is 0 Å². The van der Waals surface area contributed by atoms with Gasteiger partial charge in [0.1, 0.15) is 5.25 Å². The third-order valence-electron chi connectivity index (χ3n) is 2.27. The van der Waals surface area contributed by atoms with Gasteiger partial charge >= 0.3 is 0 Å².